The molecule has 0 aliphatic carbocycles. The minimum Gasteiger partial charge on any atom is -0.348 e. The molecule has 18 heavy (non-hydrogen) atoms. The number of carbonyl (C=O) groups is 1. The second-order valence-electron chi connectivity index (χ2n) is 4.54. The van der Waals surface area contributed by atoms with E-state index in [-0.39, 0.29) is 5.91 Å². The van der Waals surface area contributed by atoms with Gasteiger partial charge in [0.25, 0.3) is 0 Å². The van der Waals surface area contributed by atoms with Crippen LogP contribution in [-0.2, 0) is 18.4 Å². The fourth-order valence-corrected chi connectivity index (χ4v) is 2.27. The predicted octanol–water partition coefficient (Wildman–Crippen LogP) is 2.63. The first kappa shape index (κ1) is 12.4. The van der Waals surface area contributed by atoms with E-state index < -0.39 is 0 Å². The zero-order valence-corrected chi connectivity index (χ0v) is 11.1. The van der Waals surface area contributed by atoms with Gasteiger partial charge in [-0.3, -0.25) is 4.79 Å². The summed E-state index contributed by atoms with van der Waals surface area (Å²) in [5.74, 6) is -0.0534. The lowest BCUT2D eigenvalue weighted by Gasteiger charge is -2.15. The van der Waals surface area contributed by atoms with Crippen LogP contribution < -0.4 is 0 Å². The molecule has 2 aromatic rings. The van der Waals surface area contributed by atoms with Crippen LogP contribution >= 0.6 is 0 Å². The van der Waals surface area contributed by atoms with E-state index in [4.69, 9.17) is 0 Å². The Morgan fingerprint density at radius 2 is 2.11 bits per heavy atom. The molecule has 0 radical (unpaired) electrons. The zero-order chi connectivity index (χ0) is 13.3. The Morgan fingerprint density at radius 3 is 2.78 bits per heavy atom. The Hall–Kier alpha value is -2.03. The van der Waals surface area contributed by atoms with Crippen molar-refractivity contribution in [2.75, 3.05) is 7.05 Å². The van der Waals surface area contributed by atoms with E-state index in [2.05, 4.69) is 37.3 Å². The lowest BCUT2D eigenvalue weighted by atomic mass is 10.1. The highest BCUT2D eigenvalue weighted by molar-refractivity contribution is 5.88. The van der Waals surface area contributed by atoms with Crippen LogP contribution in [0.5, 0.6) is 0 Å². The highest BCUT2D eigenvalue weighted by Gasteiger charge is 2.14. The van der Waals surface area contributed by atoms with E-state index in [1.165, 1.54) is 28.2 Å². The third-order valence-corrected chi connectivity index (χ3v) is 3.48. The average Bonchev–Trinajstić information content (AvgIpc) is 2.63. The Labute approximate surface area is 107 Å². The number of rotatable bonds is 3. The van der Waals surface area contributed by atoms with E-state index >= 15 is 0 Å². The Morgan fingerprint density at radius 1 is 1.44 bits per heavy atom. The summed E-state index contributed by atoms with van der Waals surface area (Å²) in [6.07, 6.45) is 1.35. The maximum absolute atomic E-state index is 11.6. The lowest BCUT2D eigenvalue weighted by molar-refractivity contribution is -0.125. The van der Waals surface area contributed by atoms with Crippen molar-refractivity contribution in [3.63, 3.8) is 0 Å². The normalized spacial score (nSPS) is 10.6. The molecule has 94 valence electrons. The molecule has 1 aromatic carbocycles. The first-order valence-electron chi connectivity index (χ1n) is 5.96. The van der Waals surface area contributed by atoms with Crippen LogP contribution in [0.4, 0.5) is 0 Å². The summed E-state index contributed by atoms with van der Waals surface area (Å²) in [4.78, 5) is 13.3. The number of amides is 1. The molecule has 0 bridgehead atoms. The van der Waals surface area contributed by atoms with Gasteiger partial charge in [0.05, 0.1) is 0 Å². The monoisotopic (exact) mass is 242 g/mol. The average molecular weight is 242 g/mol. The largest absolute Gasteiger partial charge is 0.348 e. The van der Waals surface area contributed by atoms with E-state index in [0.717, 1.165) is 0 Å². The van der Waals surface area contributed by atoms with Gasteiger partial charge in [0.15, 0.2) is 0 Å². The molecule has 1 amide bonds. The van der Waals surface area contributed by atoms with Crippen LogP contribution in [0.25, 0.3) is 10.9 Å². The smallest absolute Gasteiger partial charge is 0.245 e. The van der Waals surface area contributed by atoms with Gasteiger partial charge in [-0.05, 0) is 24.6 Å². The summed E-state index contributed by atoms with van der Waals surface area (Å²) in [5, 5.41) is 1.21. The summed E-state index contributed by atoms with van der Waals surface area (Å²) in [5.41, 5.74) is 3.59. The number of hydrogen-bond acceptors (Lipinski definition) is 1. The van der Waals surface area contributed by atoms with Crippen LogP contribution in [0.3, 0.4) is 0 Å². The predicted molar refractivity (Wildman–Crippen MR) is 74.3 cm³/mol. The lowest BCUT2D eigenvalue weighted by Crippen LogP contribution is -2.24. The quantitative estimate of drug-likeness (QED) is 0.760. The maximum Gasteiger partial charge on any atom is 0.245 e. The summed E-state index contributed by atoms with van der Waals surface area (Å²) in [6.45, 7) is 6.21. The Balaban J connectivity index is 2.48. The number of likely N-dealkylation sites (N-methyl/N-ethyl adjacent to an activating group) is 1. The SMILES string of the molecule is C=CC(=O)N(C)Cc1c(C)n(C)c2ccccc12. The van der Waals surface area contributed by atoms with Crippen molar-refractivity contribution in [3.8, 4) is 0 Å². The molecule has 0 atom stereocenters. The highest BCUT2D eigenvalue weighted by atomic mass is 16.2. The fraction of sp³-hybridized carbons (Fsp3) is 0.267. The number of hydrogen-bond donors (Lipinski definition) is 0. The van der Waals surface area contributed by atoms with Crippen LogP contribution in [0.2, 0.25) is 0 Å². The summed E-state index contributed by atoms with van der Waals surface area (Å²) in [7, 11) is 3.85. The van der Waals surface area contributed by atoms with Gasteiger partial charge in [-0.25, -0.2) is 0 Å². The van der Waals surface area contributed by atoms with Gasteiger partial charge in [0, 0.05) is 37.2 Å². The molecule has 0 fully saturated rings. The third-order valence-electron chi connectivity index (χ3n) is 3.48. The number of para-hydroxylation sites is 1. The maximum atomic E-state index is 11.6. The van der Waals surface area contributed by atoms with Crippen LogP contribution in [0.1, 0.15) is 11.3 Å². The molecular weight excluding hydrogens is 224 g/mol. The number of fused-ring (bicyclic) bond motifs is 1. The molecule has 0 saturated heterocycles. The standard InChI is InChI=1S/C15H18N2O/c1-5-15(18)16(3)10-13-11(2)17(4)14-9-7-6-8-12(13)14/h5-9H,1,10H2,2-4H3. The summed E-state index contributed by atoms with van der Waals surface area (Å²) < 4.78 is 2.16. The number of aromatic nitrogens is 1. The summed E-state index contributed by atoms with van der Waals surface area (Å²) in [6, 6.07) is 8.26. The topological polar surface area (TPSA) is 25.2 Å². The van der Waals surface area contributed by atoms with Crippen molar-refractivity contribution in [1.29, 1.82) is 0 Å². The van der Waals surface area contributed by atoms with Crippen molar-refractivity contribution in [1.82, 2.24) is 9.47 Å². The molecule has 0 saturated carbocycles. The van der Waals surface area contributed by atoms with Gasteiger partial charge >= 0.3 is 0 Å². The van der Waals surface area contributed by atoms with Crippen LogP contribution in [0, 0.1) is 6.92 Å². The number of nitrogens with zero attached hydrogens (tertiary/aromatic N) is 2. The van der Waals surface area contributed by atoms with Crippen molar-refractivity contribution in [2.24, 2.45) is 7.05 Å². The van der Waals surface area contributed by atoms with Crippen molar-refractivity contribution < 1.29 is 4.79 Å². The van der Waals surface area contributed by atoms with Crippen LogP contribution in [-0.4, -0.2) is 22.4 Å². The molecule has 0 aliphatic heterocycles. The van der Waals surface area contributed by atoms with E-state index in [1.54, 1.807) is 11.9 Å². The van der Waals surface area contributed by atoms with Crippen LogP contribution in [0.15, 0.2) is 36.9 Å². The second-order valence-corrected chi connectivity index (χ2v) is 4.54. The minimum atomic E-state index is -0.0534. The molecule has 3 heteroatoms. The molecule has 0 spiro atoms. The molecule has 1 aromatic heterocycles. The van der Waals surface area contributed by atoms with Gasteiger partial charge in [0.2, 0.25) is 5.91 Å². The molecule has 3 nitrogen and oxygen atoms in total. The molecule has 0 aliphatic rings. The van der Waals surface area contributed by atoms with E-state index in [0.29, 0.717) is 6.54 Å². The number of benzene rings is 1. The highest BCUT2D eigenvalue weighted by Crippen LogP contribution is 2.25. The molecule has 2 rings (SSSR count). The van der Waals surface area contributed by atoms with E-state index in [9.17, 15) is 4.79 Å². The van der Waals surface area contributed by atoms with E-state index in [1.807, 2.05) is 12.1 Å². The second kappa shape index (κ2) is 4.69. The Bertz CT molecular complexity index is 610. The Kier molecular flexibility index (Phi) is 3.24. The van der Waals surface area contributed by atoms with Crippen molar-refractivity contribution >= 4 is 16.8 Å². The van der Waals surface area contributed by atoms with Gasteiger partial charge in [-0.1, -0.05) is 24.8 Å². The zero-order valence-electron chi connectivity index (χ0n) is 11.1. The van der Waals surface area contributed by atoms with Crippen molar-refractivity contribution in [2.45, 2.75) is 13.5 Å². The van der Waals surface area contributed by atoms with Gasteiger partial charge in [0.1, 0.15) is 0 Å². The van der Waals surface area contributed by atoms with Gasteiger partial charge in [-0.15, -0.1) is 0 Å². The first-order valence-corrected chi connectivity index (χ1v) is 5.96. The molecule has 0 N–H and O–H groups in total. The van der Waals surface area contributed by atoms with Gasteiger partial charge in [-0.2, -0.15) is 0 Å². The first-order chi connectivity index (χ1) is 8.56. The molecular formula is C15H18N2O. The third kappa shape index (κ3) is 1.92. The fourth-order valence-electron chi connectivity index (χ4n) is 2.27. The molecule has 1 heterocycles. The minimum absolute atomic E-state index is 0.0534. The van der Waals surface area contributed by atoms with Crippen molar-refractivity contribution in [3.05, 3.63) is 48.2 Å². The van der Waals surface area contributed by atoms with Gasteiger partial charge < -0.3 is 9.47 Å². The number of aryl methyl sites for hydroxylation is 1. The molecule has 0 unspecified atom stereocenters. The number of carbonyl (C=O) groups excluding carboxylic acids is 1. The summed E-state index contributed by atoms with van der Waals surface area (Å²) >= 11 is 0.